The van der Waals surface area contributed by atoms with Crippen LogP contribution in [-0.4, -0.2) is 10.2 Å². The Morgan fingerprint density at radius 2 is 1.91 bits per heavy atom. The second-order valence-corrected chi connectivity index (χ2v) is 3.60. The van der Waals surface area contributed by atoms with Crippen molar-refractivity contribution >= 4 is 15.9 Å². The summed E-state index contributed by atoms with van der Waals surface area (Å²) in [5.74, 6) is 1.56. The van der Waals surface area contributed by atoms with Crippen molar-refractivity contribution < 1.29 is 4.42 Å². The summed E-state index contributed by atoms with van der Waals surface area (Å²) in [4.78, 5) is 0.458. The van der Waals surface area contributed by atoms with Crippen LogP contribution < -0.4 is 0 Å². The van der Waals surface area contributed by atoms with Crippen LogP contribution in [0.3, 0.4) is 0 Å². The summed E-state index contributed by atoms with van der Waals surface area (Å²) >= 11 is 3.11. The summed E-state index contributed by atoms with van der Waals surface area (Å²) in [6.45, 7) is 6.33. The van der Waals surface area contributed by atoms with Crippen molar-refractivity contribution in [3.63, 3.8) is 0 Å². The fraction of sp³-hybridized carbons (Fsp3) is 0.714. The fourth-order valence-electron chi connectivity index (χ4n) is 0.685. The van der Waals surface area contributed by atoms with E-state index in [2.05, 4.69) is 46.9 Å². The van der Waals surface area contributed by atoms with Crippen molar-refractivity contribution in [2.45, 2.75) is 26.7 Å². The average Bonchev–Trinajstić information content (AvgIpc) is 2.34. The normalized spacial score (nSPS) is 13.9. The molecular formula is C7H11BrN2O. The quantitative estimate of drug-likeness (QED) is 0.767. The van der Waals surface area contributed by atoms with Gasteiger partial charge in [0.05, 0.1) is 0 Å². The maximum atomic E-state index is 5.20. The molecule has 0 aliphatic heterocycles. The molecule has 1 heterocycles. The Bertz CT molecular complexity index is 234. The minimum absolute atomic E-state index is 0.328. The Labute approximate surface area is 74.3 Å². The average molecular weight is 219 g/mol. The standard InChI is InChI=1S/C7H11BrN2O/c1-4(2)5(3)6-9-10-7(8)11-6/h4-5H,1-3H3. The van der Waals surface area contributed by atoms with Gasteiger partial charge in [-0.25, -0.2) is 0 Å². The maximum absolute atomic E-state index is 5.20. The molecule has 0 bridgehead atoms. The summed E-state index contributed by atoms with van der Waals surface area (Å²) in [6.07, 6.45) is 0. The predicted molar refractivity (Wildman–Crippen MR) is 45.3 cm³/mol. The van der Waals surface area contributed by atoms with Gasteiger partial charge < -0.3 is 4.42 Å². The van der Waals surface area contributed by atoms with Gasteiger partial charge in [-0.3, -0.25) is 0 Å². The second-order valence-electron chi connectivity index (χ2n) is 2.93. The molecule has 1 aromatic heterocycles. The summed E-state index contributed by atoms with van der Waals surface area (Å²) < 4.78 is 5.20. The van der Waals surface area contributed by atoms with Crippen LogP contribution in [0.15, 0.2) is 9.22 Å². The number of aromatic nitrogens is 2. The third-order valence-corrected chi connectivity index (χ3v) is 2.13. The minimum atomic E-state index is 0.328. The van der Waals surface area contributed by atoms with Crippen LogP contribution in [0.2, 0.25) is 0 Å². The van der Waals surface area contributed by atoms with Gasteiger partial charge in [-0.1, -0.05) is 20.8 Å². The second kappa shape index (κ2) is 3.34. The van der Waals surface area contributed by atoms with Crippen LogP contribution in [0.1, 0.15) is 32.6 Å². The zero-order valence-electron chi connectivity index (χ0n) is 6.84. The molecule has 1 atom stereocenters. The van der Waals surface area contributed by atoms with E-state index in [0.717, 1.165) is 0 Å². The molecule has 0 radical (unpaired) electrons. The minimum Gasteiger partial charge on any atom is -0.415 e. The van der Waals surface area contributed by atoms with Crippen molar-refractivity contribution in [3.8, 4) is 0 Å². The third-order valence-electron chi connectivity index (χ3n) is 1.81. The molecule has 0 N–H and O–H groups in total. The van der Waals surface area contributed by atoms with Crippen LogP contribution in [-0.2, 0) is 0 Å². The Hall–Kier alpha value is -0.380. The smallest absolute Gasteiger partial charge is 0.284 e. The van der Waals surface area contributed by atoms with Gasteiger partial charge in [0, 0.05) is 21.8 Å². The first-order valence-electron chi connectivity index (χ1n) is 3.60. The molecule has 3 nitrogen and oxygen atoms in total. The zero-order chi connectivity index (χ0) is 8.43. The monoisotopic (exact) mass is 218 g/mol. The maximum Gasteiger partial charge on any atom is 0.284 e. The topological polar surface area (TPSA) is 38.9 Å². The molecule has 11 heavy (non-hydrogen) atoms. The molecule has 4 heteroatoms. The SMILES string of the molecule is CC(C)C(C)c1nnc(Br)o1. The highest BCUT2D eigenvalue weighted by Crippen LogP contribution is 2.23. The molecule has 0 saturated heterocycles. The largest absolute Gasteiger partial charge is 0.415 e. The summed E-state index contributed by atoms with van der Waals surface area (Å²) in [5, 5.41) is 7.59. The molecule has 0 amide bonds. The number of nitrogens with zero attached hydrogens (tertiary/aromatic N) is 2. The Morgan fingerprint density at radius 3 is 2.27 bits per heavy atom. The van der Waals surface area contributed by atoms with Crippen molar-refractivity contribution in [2.75, 3.05) is 0 Å². The van der Waals surface area contributed by atoms with Crippen molar-refractivity contribution in [3.05, 3.63) is 10.7 Å². The van der Waals surface area contributed by atoms with Gasteiger partial charge >= 0.3 is 0 Å². The van der Waals surface area contributed by atoms with E-state index >= 15 is 0 Å². The zero-order valence-corrected chi connectivity index (χ0v) is 8.42. The lowest BCUT2D eigenvalue weighted by atomic mass is 9.98. The van der Waals surface area contributed by atoms with Crippen LogP contribution in [0.4, 0.5) is 0 Å². The molecule has 0 spiro atoms. The molecule has 0 aliphatic rings. The molecule has 0 fully saturated rings. The number of halogens is 1. The van der Waals surface area contributed by atoms with E-state index in [1.165, 1.54) is 0 Å². The van der Waals surface area contributed by atoms with Crippen LogP contribution in [0.25, 0.3) is 0 Å². The van der Waals surface area contributed by atoms with Gasteiger partial charge in [0.15, 0.2) is 0 Å². The first-order valence-corrected chi connectivity index (χ1v) is 4.39. The molecule has 0 aromatic carbocycles. The Balaban J connectivity index is 2.76. The predicted octanol–water partition coefficient (Wildman–Crippen LogP) is 2.59. The van der Waals surface area contributed by atoms with E-state index < -0.39 is 0 Å². The highest BCUT2D eigenvalue weighted by Gasteiger charge is 2.15. The first kappa shape index (κ1) is 8.71. The van der Waals surface area contributed by atoms with Gasteiger partial charge in [0.25, 0.3) is 4.80 Å². The molecular weight excluding hydrogens is 208 g/mol. The molecule has 1 rings (SSSR count). The van der Waals surface area contributed by atoms with Crippen LogP contribution in [0.5, 0.6) is 0 Å². The van der Waals surface area contributed by atoms with E-state index in [9.17, 15) is 0 Å². The van der Waals surface area contributed by atoms with Gasteiger partial charge in [0.2, 0.25) is 5.89 Å². The lowest BCUT2D eigenvalue weighted by Crippen LogP contribution is -2.01. The van der Waals surface area contributed by atoms with Crippen molar-refractivity contribution in [1.82, 2.24) is 10.2 Å². The van der Waals surface area contributed by atoms with E-state index in [4.69, 9.17) is 4.42 Å². The van der Waals surface area contributed by atoms with Crippen LogP contribution >= 0.6 is 15.9 Å². The lowest BCUT2D eigenvalue weighted by Gasteiger charge is -2.08. The van der Waals surface area contributed by atoms with Gasteiger partial charge in [-0.15, -0.1) is 10.2 Å². The highest BCUT2D eigenvalue weighted by atomic mass is 79.9. The van der Waals surface area contributed by atoms with Crippen molar-refractivity contribution in [2.24, 2.45) is 5.92 Å². The Kier molecular flexibility index (Phi) is 2.65. The Morgan fingerprint density at radius 1 is 1.27 bits per heavy atom. The number of hydrogen-bond donors (Lipinski definition) is 0. The molecule has 0 saturated carbocycles. The molecule has 1 aromatic rings. The van der Waals surface area contributed by atoms with E-state index in [0.29, 0.717) is 22.5 Å². The molecule has 62 valence electrons. The van der Waals surface area contributed by atoms with E-state index in [1.54, 1.807) is 0 Å². The molecule has 0 aliphatic carbocycles. The first-order chi connectivity index (χ1) is 5.11. The summed E-state index contributed by atoms with van der Waals surface area (Å²) in [5.41, 5.74) is 0. The van der Waals surface area contributed by atoms with E-state index in [-0.39, 0.29) is 0 Å². The van der Waals surface area contributed by atoms with Gasteiger partial charge in [-0.2, -0.15) is 0 Å². The van der Waals surface area contributed by atoms with Crippen molar-refractivity contribution in [1.29, 1.82) is 0 Å². The van der Waals surface area contributed by atoms with Crippen LogP contribution in [0, 0.1) is 5.92 Å². The highest BCUT2D eigenvalue weighted by molar-refractivity contribution is 9.10. The number of hydrogen-bond acceptors (Lipinski definition) is 3. The van der Waals surface area contributed by atoms with Gasteiger partial charge in [0.1, 0.15) is 0 Å². The van der Waals surface area contributed by atoms with E-state index in [1.807, 2.05) is 0 Å². The summed E-state index contributed by atoms with van der Waals surface area (Å²) in [6, 6.07) is 0. The van der Waals surface area contributed by atoms with Gasteiger partial charge in [-0.05, 0) is 5.92 Å². The fourth-order valence-corrected chi connectivity index (χ4v) is 0.930. The lowest BCUT2D eigenvalue weighted by molar-refractivity contribution is 0.390. The number of rotatable bonds is 2. The third kappa shape index (κ3) is 2.02. The summed E-state index contributed by atoms with van der Waals surface area (Å²) in [7, 11) is 0. The molecule has 1 unspecified atom stereocenters.